The van der Waals surface area contributed by atoms with Crippen molar-refractivity contribution in [2.45, 2.75) is 26.3 Å². The molecule has 4 heteroatoms. The standard InChI is InChI=1S/C15H22N2O2/c1-5-14(19-4)12-7-6-8-13(16)15(12)17-10(2)9-11(3)18/h5-8,10,17-18H,3,9,16H2,1-2,4H3/b14-5+. The van der Waals surface area contributed by atoms with Gasteiger partial charge in [-0.3, -0.25) is 0 Å². The lowest BCUT2D eigenvalue weighted by atomic mass is 10.1. The van der Waals surface area contributed by atoms with Gasteiger partial charge in [0.2, 0.25) is 0 Å². The summed E-state index contributed by atoms with van der Waals surface area (Å²) in [5.41, 5.74) is 8.37. The number of nitrogens with two attached hydrogens (primary N) is 1. The van der Waals surface area contributed by atoms with E-state index in [1.807, 2.05) is 38.1 Å². The highest BCUT2D eigenvalue weighted by molar-refractivity contribution is 5.81. The summed E-state index contributed by atoms with van der Waals surface area (Å²) < 4.78 is 5.34. The Bertz CT molecular complexity index is 481. The number of rotatable bonds is 6. The number of anilines is 2. The second-order valence-electron chi connectivity index (χ2n) is 4.44. The number of methoxy groups -OCH3 is 1. The van der Waals surface area contributed by atoms with Gasteiger partial charge in [0.1, 0.15) is 5.76 Å². The summed E-state index contributed by atoms with van der Waals surface area (Å²) in [6.45, 7) is 7.36. The first kappa shape index (κ1) is 15.0. The molecule has 0 amide bonds. The molecular formula is C15H22N2O2. The van der Waals surface area contributed by atoms with Crippen LogP contribution < -0.4 is 11.1 Å². The van der Waals surface area contributed by atoms with Crippen molar-refractivity contribution in [2.75, 3.05) is 18.2 Å². The van der Waals surface area contributed by atoms with Gasteiger partial charge in [0.15, 0.2) is 0 Å². The molecule has 1 rings (SSSR count). The first-order valence-corrected chi connectivity index (χ1v) is 6.22. The zero-order valence-electron chi connectivity index (χ0n) is 11.7. The highest BCUT2D eigenvalue weighted by Crippen LogP contribution is 2.30. The number of hydrogen-bond donors (Lipinski definition) is 3. The Morgan fingerprint density at radius 2 is 2.26 bits per heavy atom. The fraction of sp³-hybridized carbons (Fsp3) is 0.333. The van der Waals surface area contributed by atoms with Crippen LogP contribution in [-0.2, 0) is 4.74 Å². The third kappa shape index (κ3) is 3.95. The lowest BCUT2D eigenvalue weighted by Crippen LogP contribution is -2.18. The van der Waals surface area contributed by atoms with E-state index in [1.54, 1.807) is 7.11 Å². The second-order valence-corrected chi connectivity index (χ2v) is 4.44. The third-order valence-corrected chi connectivity index (χ3v) is 2.78. The normalized spacial score (nSPS) is 12.9. The zero-order valence-corrected chi connectivity index (χ0v) is 11.7. The van der Waals surface area contributed by atoms with E-state index in [0.29, 0.717) is 12.1 Å². The van der Waals surface area contributed by atoms with Gasteiger partial charge < -0.3 is 20.9 Å². The van der Waals surface area contributed by atoms with Crippen LogP contribution >= 0.6 is 0 Å². The number of hydrogen-bond acceptors (Lipinski definition) is 4. The molecule has 1 aromatic rings. The monoisotopic (exact) mass is 262 g/mol. The largest absolute Gasteiger partial charge is 0.513 e. The molecule has 0 saturated heterocycles. The van der Waals surface area contributed by atoms with Crippen molar-refractivity contribution in [3.05, 3.63) is 42.2 Å². The van der Waals surface area contributed by atoms with E-state index >= 15 is 0 Å². The number of allylic oxidation sites excluding steroid dienone is 1. The topological polar surface area (TPSA) is 67.5 Å². The molecule has 0 heterocycles. The average molecular weight is 262 g/mol. The molecule has 0 aromatic heterocycles. The zero-order chi connectivity index (χ0) is 14.4. The molecule has 0 bridgehead atoms. The minimum atomic E-state index is 0.0240. The van der Waals surface area contributed by atoms with Crippen molar-refractivity contribution in [1.82, 2.24) is 0 Å². The summed E-state index contributed by atoms with van der Waals surface area (Å²) in [7, 11) is 1.63. The van der Waals surface area contributed by atoms with Crippen molar-refractivity contribution in [3.63, 3.8) is 0 Å². The van der Waals surface area contributed by atoms with Gasteiger partial charge in [0.05, 0.1) is 24.2 Å². The maximum atomic E-state index is 9.24. The molecule has 0 aliphatic heterocycles. The average Bonchev–Trinajstić information content (AvgIpc) is 2.33. The molecular weight excluding hydrogens is 240 g/mol. The van der Waals surface area contributed by atoms with Crippen LogP contribution in [0.25, 0.3) is 5.76 Å². The molecule has 0 spiro atoms. The Kier molecular flexibility index (Phi) is 5.30. The van der Waals surface area contributed by atoms with Crippen LogP contribution in [0.1, 0.15) is 25.8 Å². The molecule has 1 unspecified atom stereocenters. The number of aliphatic hydroxyl groups excluding tert-OH is 1. The molecule has 0 aliphatic rings. The van der Waals surface area contributed by atoms with Crippen molar-refractivity contribution >= 4 is 17.1 Å². The molecule has 0 fully saturated rings. The van der Waals surface area contributed by atoms with E-state index < -0.39 is 0 Å². The molecule has 1 atom stereocenters. The Hall–Kier alpha value is -2.10. The predicted octanol–water partition coefficient (Wildman–Crippen LogP) is 3.54. The van der Waals surface area contributed by atoms with E-state index in [0.717, 1.165) is 17.0 Å². The molecule has 4 nitrogen and oxygen atoms in total. The van der Waals surface area contributed by atoms with Crippen LogP contribution in [0.15, 0.2) is 36.6 Å². The van der Waals surface area contributed by atoms with Gasteiger partial charge in [-0.25, -0.2) is 0 Å². The summed E-state index contributed by atoms with van der Waals surface area (Å²) in [4.78, 5) is 0. The molecule has 0 aliphatic carbocycles. The summed E-state index contributed by atoms with van der Waals surface area (Å²) in [6.07, 6.45) is 2.35. The fourth-order valence-corrected chi connectivity index (χ4v) is 1.97. The minimum Gasteiger partial charge on any atom is -0.513 e. The van der Waals surface area contributed by atoms with Crippen molar-refractivity contribution in [2.24, 2.45) is 0 Å². The van der Waals surface area contributed by atoms with Crippen LogP contribution in [-0.4, -0.2) is 18.3 Å². The number of nitrogen functional groups attached to an aromatic ring is 1. The lowest BCUT2D eigenvalue weighted by molar-refractivity contribution is 0.369. The van der Waals surface area contributed by atoms with E-state index in [-0.39, 0.29) is 11.8 Å². The number of ether oxygens (including phenoxy) is 1. The number of para-hydroxylation sites is 1. The Morgan fingerprint density at radius 1 is 1.58 bits per heavy atom. The van der Waals surface area contributed by atoms with Crippen molar-refractivity contribution in [1.29, 1.82) is 0 Å². The van der Waals surface area contributed by atoms with E-state index in [4.69, 9.17) is 10.5 Å². The first-order valence-electron chi connectivity index (χ1n) is 6.22. The van der Waals surface area contributed by atoms with Gasteiger partial charge in [0.25, 0.3) is 0 Å². The molecule has 19 heavy (non-hydrogen) atoms. The summed E-state index contributed by atoms with van der Waals surface area (Å²) >= 11 is 0. The maximum absolute atomic E-state index is 9.24. The van der Waals surface area contributed by atoms with Crippen LogP contribution in [0.5, 0.6) is 0 Å². The SMILES string of the molecule is C=C(O)CC(C)Nc1c(N)cccc1/C(=C\C)OC. The van der Waals surface area contributed by atoms with Crippen LogP contribution in [0, 0.1) is 0 Å². The van der Waals surface area contributed by atoms with Gasteiger partial charge in [-0.15, -0.1) is 0 Å². The highest BCUT2D eigenvalue weighted by atomic mass is 16.5. The van der Waals surface area contributed by atoms with Crippen LogP contribution in [0.2, 0.25) is 0 Å². The van der Waals surface area contributed by atoms with Crippen molar-refractivity contribution in [3.8, 4) is 0 Å². The number of nitrogens with one attached hydrogen (secondary N) is 1. The molecule has 104 valence electrons. The van der Waals surface area contributed by atoms with Gasteiger partial charge in [-0.1, -0.05) is 12.6 Å². The van der Waals surface area contributed by atoms with Gasteiger partial charge in [-0.2, -0.15) is 0 Å². The highest BCUT2D eigenvalue weighted by Gasteiger charge is 2.13. The maximum Gasteiger partial charge on any atom is 0.123 e. The summed E-state index contributed by atoms with van der Waals surface area (Å²) in [5, 5.41) is 12.5. The van der Waals surface area contributed by atoms with Crippen molar-refractivity contribution < 1.29 is 9.84 Å². The van der Waals surface area contributed by atoms with E-state index in [2.05, 4.69) is 11.9 Å². The summed E-state index contributed by atoms with van der Waals surface area (Å²) in [5.74, 6) is 0.902. The van der Waals surface area contributed by atoms with E-state index in [9.17, 15) is 5.11 Å². The minimum absolute atomic E-state index is 0.0240. The first-order chi connectivity index (χ1) is 8.99. The molecule has 4 N–H and O–H groups in total. The third-order valence-electron chi connectivity index (χ3n) is 2.78. The van der Waals surface area contributed by atoms with Gasteiger partial charge in [-0.05, 0) is 32.1 Å². The Labute approximate surface area is 114 Å². The smallest absolute Gasteiger partial charge is 0.123 e. The van der Waals surface area contributed by atoms with Crippen LogP contribution in [0.4, 0.5) is 11.4 Å². The quantitative estimate of drug-likeness (QED) is 0.542. The molecule has 0 saturated carbocycles. The van der Waals surface area contributed by atoms with Gasteiger partial charge in [0, 0.05) is 18.0 Å². The second kappa shape index (κ2) is 6.73. The summed E-state index contributed by atoms with van der Waals surface area (Å²) in [6, 6.07) is 5.68. The predicted molar refractivity (Wildman–Crippen MR) is 81.0 cm³/mol. The lowest BCUT2D eigenvalue weighted by Gasteiger charge is -2.20. The van der Waals surface area contributed by atoms with Gasteiger partial charge >= 0.3 is 0 Å². The van der Waals surface area contributed by atoms with E-state index in [1.165, 1.54) is 0 Å². The fourth-order valence-electron chi connectivity index (χ4n) is 1.97. The molecule has 1 aromatic carbocycles. The Morgan fingerprint density at radius 3 is 2.79 bits per heavy atom. The number of benzene rings is 1. The van der Waals surface area contributed by atoms with Crippen LogP contribution in [0.3, 0.4) is 0 Å². The molecule has 0 radical (unpaired) electrons. The Balaban J connectivity index is 3.08. The number of aliphatic hydroxyl groups is 1.